The molecule has 24 heavy (non-hydrogen) atoms. The minimum absolute atomic E-state index is 0.291. The van der Waals surface area contributed by atoms with Crippen LogP contribution < -0.4 is 10.2 Å². The molecule has 0 radical (unpaired) electrons. The lowest BCUT2D eigenvalue weighted by molar-refractivity contribution is 0.102. The average molecular weight is 325 g/mol. The number of H-pyrrole nitrogens is 1. The van der Waals surface area contributed by atoms with E-state index in [0.29, 0.717) is 22.3 Å². The van der Waals surface area contributed by atoms with Gasteiger partial charge in [-0.3, -0.25) is 4.79 Å². The lowest BCUT2D eigenvalue weighted by atomic mass is 10.2. The zero-order valence-corrected chi connectivity index (χ0v) is 13.8. The van der Waals surface area contributed by atoms with Crippen LogP contribution in [0, 0.1) is 5.82 Å². The molecule has 0 aliphatic heterocycles. The van der Waals surface area contributed by atoms with E-state index >= 15 is 0 Å². The molecule has 1 heterocycles. The molecule has 2 N–H and O–H groups in total. The van der Waals surface area contributed by atoms with Crippen molar-refractivity contribution in [3.8, 4) is 0 Å². The number of hydrogen-bond acceptors (Lipinski definition) is 2. The standard InChI is InChI=1S/C19H20FN3O/c1-3-23(4-2)14-10-8-13(9-11-14)21-19(24)18-12-15-16(20)6-5-7-17(15)22-18/h5-12,22H,3-4H2,1-2H3,(H,21,24). The SMILES string of the molecule is CCN(CC)c1ccc(NC(=O)c2cc3c(F)cccc3[nH]2)cc1. The fourth-order valence-electron chi connectivity index (χ4n) is 2.78. The van der Waals surface area contributed by atoms with Gasteiger partial charge >= 0.3 is 0 Å². The van der Waals surface area contributed by atoms with Crippen LogP contribution in [0.25, 0.3) is 10.9 Å². The maximum absolute atomic E-state index is 13.7. The van der Waals surface area contributed by atoms with Gasteiger partial charge in [0.15, 0.2) is 0 Å². The number of benzene rings is 2. The number of aromatic amines is 1. The van der Waals surface area contributed by atoms with Crippen LogP contribution in [0.1, 0.15) is 24.3 Å². The molecule has 4 nitrogen and oxygen atoms in total. The monoisotopic (exact) mass is 325 g/mol. The molecule has 0 bridgehead atoms. The molecule has 1 aromatic heterocycles. The first-order valence-electron chi connectivity index (χ1n) is 8.06. The van der Waals surface area contributed by atoms with Crippen LogP contribution in [0.3, 0.4) is 0 Å². The normalized spacial score (nSPS) is 10.8. The minimum Gasteiger partial charge on any atom is -0.372 e. The van der Waals surface area contributed by atoms with E-state index in [4.69, 9.17) is 0 Å². The second-order valence-corrected chi connectivity index (χ2v) is 5.56. The van der Waals surface area contributed by atoms with Crippen molar-refractivity contribution in [3.63, 3.8) is 0 Å². The van der Waals surface area contributed by atoms with Crippen molar-refractivity contribution < 1.29 is 9.18 Å². The Morgan fingerprint density at radius 3 is 2.46 bits per heavy atom. The number of halogens is 1. The molecule has 0 saturated heterocycles. The third kappa shape index (κ3) is 3.11. The lowest BCUT2D eigenvalue weighted by Gasteiger charge is -2.21. The zero-order chi connectivity index (χ0) is 17.1. The summed E-state index contributed by atoms with van der Waals surface area (Å²) in [7, 11) is 0. The van der Waals surface area contributed by atoms with Crippen LogP contribution in [0.5, 0.6) is 0 Å². The number of rotatable bonds is 5. The van der Waals surface area contributed by atoms with E-state index in [1.54, 1.807) is 12.1 Å². The van der Waals surface area contributed by atoms with Gasteiger partial charge in [0.2, 0.25) is 0 Å². The molecule has 0 unspecified atom stereocenters. The summed E-state index contributed by atoms with van der Waals surface area (Å²) in [5.41, 5.74) is 2.76. The van der Waals surface area contributed by atoms with E-state index < -0.39 is 0 Å². The molecule has 0 aliphatic carbocycles. The van der Waals surface area contributed by atoms with Crippen molar-refractivity contribution >= 4 is 28.2 Å². The third-order valence-electron chi connectivity index (χ3n) is 4.11. The van der Waals surface area contributed by atoms with Crippen LogP contribution in [-0.4, -0.2) is 24.0 Å². The summed E-state index contributed by atoms with van der Waals surface area (Å²) in [5, 5.41) is 3.25. The molecule has 0 aliphatic rings. The molecule has 2 aromatic carbocycles. The van der Waals surface area contributed by atoms with Crippen LogP contribution in [0.4, 0.5) is 15.8 Å². The number of carbonyl (C=O) groups is 1. The lowest BCUT2D eigenvalue weighted by Crippen LogP contribution is -2.21. The molecule has 3 aromatic rings. The number of carbonyl (C=O) groups excluding carboxylic acids is 1. The number of fused-ring (bicyclic) bond motifs is 1. The largest absolute Gasteiger partial charge is 0.372 e. The highest BCUT2D eigenvalue weighted by Gasteiger charge is 2.12. The maximum Gasteiger partial charge on any atom is 0.272 e. The number of nitrogens with one attached hydrogen (secondary N) is 2. The van der Waals surface area contributed by atoms with E-state index in [-0.39, 0.29) is 11.7 Å². The number of aromatic nitrogens is 1. The molecule has 1 amide bonds. The summed E-state index contributed by atoms with van der Waals surface area (Å²) in [6.07, 6.45) is 0. The highest BCUT2D eigenvalue weighted by molar-refractivity contribution is 6.06. The Balaban J connectivity index is 1.77. The van der Waals surface area contributed by atoms with Crippen LogP contribution >= 0.6 is 0 Å². The Morgan fingerprint density at radius 1 is 1.12 bits per heavy atom. The van der Waals surface area contributed by atoms with Crippen molar-refractivity contribution in [3.05, 3.63) is 60.0 Å². The van der Waals surface area contributed by atoms with E-state index in [1.807, 2.05) is 24.3 Å². The van der Waals surface area contributed by atoms with Gasteiger partial charge in [-0.05, 0) is 56.3 Å². The number of anilines is 2. The molecule has 5 heteroatoms. The van der Waals surface area contributed by atoms with E-state index in [9.17, 15) is 9.18 Å². The summed E-state index contributed by atoms with van der Waals surface area (Å²) < 4.78 is 13.7. The zero-order valence-electron chi connectivity index (χ0n) is 13.8. The van der Waals surface area contributed by atoms with Crippen LogP contribution in [-0.2, 0) is 0 Å². The van der Waals surface area contributed by atoms with Crippen molar-refractivity contribution in [1.82, 2.24) is 4.98 Å². The van der Waals surface area contributed by atoms with Gasteiger partial charge < -0.3 is 15.2 Å². The minimum atomic E-state index is -0.341. The van der Waals surface area contributed by atoms with Gasteiger partial charge in [0.25, 0.3) is 5.91 Å². The topological polar surface area (TPSA) is 48.1 Å². The first-order chi connectivity index (χ1) is 11.6. The van der Waals surface area contributed by atoms with Crippen molar-refractivity contribution in [1.29, 1.82) is 0 Å². The molecule has 124 valence electrons. The van der Waals surface area contributed by atoms with Crippen LogP contribution in [0.15, 0.2) is 48.5 Å². The fraction of sp³-hybridized carbons (Fsp3) is 0.211. The average Bonchev–Trinajstić information content (AvgIpc) is 3.03. The first kappa shape index (κ1) is 16.1. The van der Waals surface area contributed by atoms with E-state index in [1.165, 1.54) is 12.1 Å². The van der Waals surface area contributed by atoms with Crippen molar-refractivity contribution in [2.75, 3.05) is 23.3 Å². The summed E-state index contributed by atoms with van der Waals surface area (Å²) in [6, 6.07) is 14.0. The van der Waals surface area contributed by atoms with Gasteiger partial charge in [-0.1, -0.05) is 6.07 Å². The predicted octanol–water partition coefficient (Wildman–Crippen LogP) is 4.41. The molecular formula is C19H20FN3O. The van der Waals surface area contributed by atoms with Gasteiger partial charge in [-0.25, -0.2) is 4.39 Å². The molecule has 3 rings (SSSR count). The second-order valence-electron chi connectivity index (χ2n) is 5.56. The fourth-order valence-corrected chi connectivity index (χ4v) is 2.78. The van der Waals surface area contributed by atoms with Gasteiger partial charge in [-0.2, -0.15) is 0 Å². The molecule has 0 spiro atoms. The predicted molar refractivity (Wildman–Crippen MR) is 96.2 cm³/mol. The summed E-state index contributed by atoms with van der Waals surface area (Å²) in [6.45, 7) is 6.08. The Labute approximate surface area is 140 Å². The quantitative estimate of drug-likeness (QED) is 0.730. The highest BCUT2D eigenvalue weighted by atomic mass is 19.1. The van der Waals surface area contributed by atoms with E-state index in [0.717, 1.165) is 18.8 Å². The first-order valence-corrected chi connectivity index (χ1v) is 8.06. The molecular weight excluding hydrogens is 305 g/mol. The number of amides is 1. The third-order valence-corrected chi connectivity index (χ3v) is 4.11. The van der Waals surface area contributed by atoms with Gasteiger partial charge in [0.05, 0.1) is 0 Å². The van der Waals surface area contributed by atoms with Gasteiger partial charge in [0.1, 0.15) is 11.5 Å². The van der Waals surface area contributed by atoms with Gasteiger partial charge in [0, 0.05) is 35.4 Å². The number of nitrogens with zero attached hydrogens (tertiary/aromatic N) is 1. The highest BCUT2D eigenvalue weighted by Crippen LogP contribution is 2.21. The van der Waals surface area contributed by atoms with Crippen LogP contribution in [0.2, 0.25) is 0 Å². The Kier molecular flexibility index (Phi) is 4.51. The molecule has 0 fully saturated rings. The summed E-state index contributed by atoms with van der Waals surface area (Å²) in [5.74, 6) is -0.632. The second kappa shape index (κ2) is 6.74. The maximum atomic E-state index is 13.7. The molecule has 0 atom stereocenters. The van der Waals surface area contributed by atoms with Crippen molar-refractivity contribution in [2.45, 2.75) is 13.8 Å². The smallest absolute Gasteiger partial charge is 0.272 e. The van der Waals surface area contributed by atoms with E-state index in [2.05, 4.69) is 29.0 Å². The molecule has 0 saturated carbocycles. The van der Waals surface area contributed by atoms with Crippen molar-refractivity contribution in [2.24, 2.45) is 0 Å². The Bertz CT molecular complexity index is 851. The Hall–Kier alpha value is -2.82. The number of hydrogen-bond donors (Lipinski definition) is 2. The summed E-state index contributed by atoms with van der Waals surface area (Å²) >= 11 is 0. The van der Waals surface area contributed by atoms with Gasteiger partial charge in [-0.15, -0.1) is 0 Å². The Morgan fingerprint density at radius 2 is 1.83 bits per heavy atom. The summed E-state index contributed by atoms with van der Waals surface area (Å²) in [4.78, 5) is 17.5.